The van der Waals surface area contributed by atoms with Crippen molar-refractivity contribution >= 4 is 0 Å². The molecule has 3 aromatic carbocycles. The standard InChI is InChI=1S/C12H24N2O.2C12H17NO.C11H15NO.C10H18O4.C9H16N2.3C4H10.4C2H6/c1-11(2)13-5-3-12(4-6-13)14-7-9-15-10-8-14;1-13-7-8-14-10-12(13)9-11-5-3-2-4-6-11;1-13-7-8-14-12(10-13)9-11-5-3-2-4-6-11;1-2-4-11(5-3-1)10-12-6-8-13-9-7-12;1-6(2)14-8-5-13-9-7(11-3)4-12-10(8)9;1-7(2)11-5-9(6-11)4-10-8(9)3;3*1-4(2)3;4*1-2/h11-12H,3-10H2,1-2H3;2*2-6,12H,7-10H2,1H3;1-5H,6-10H2;6-10H,4-5H2,1-3H3;7,10H,3-6H2,1-2H3;3*4H,1-3H3;4*1-2H3. The summed E-state index contributed by atoms with van der Waals surface area (Å²) in [6.45, 7) is 74.9. The molecule has 6 unspecified atom stereocenters. The quantitative estimate of drug-likeness (QED) is 0.186. The second-order valence-corrected chi connectivity index (χ2v) is 29.6. The zero-order chi connectivity index (χ0) is 76.1. The number of benzene rings is 3. The van der Waals surface area contributed by atoms with E-state index in [-0.39, 0.29) is 30.5 Å². The summed E-state index contributed by atoms with van der Waals surface area (Å²) < 4.78 is 44.1. The van der Waals surface area contributed by atoms with Crippen molar-refractivity contribution in [3.63, 3.8) is 0 Å². The second kappa shape index (κ2) is 59.7. The van der Waals surface area contributed by atoms with Gasteiger partial charge in [0.05, 0.1) is 77.1 Å². The number of morpholine rings is 4. The molecule has 0 aliphatic carbocycles. The summed E-state index contributed by atoms with van der Waals surface area (Å²) >= 11 is 0. The van der Waals surface area contributed by atoms with Gasteiger partial charge in [-0.05, 0) is 129 Å². The first kappa shape index (κ1) is 97.6. The first-order valence-corrected chi connectivity index (χ1v) is 40.1. The Balaban J connectivity index is 0.00000113. The van der Waals surface area contributed by atoms with Crippen LogP contribution in [-0.2, 0) is 57.3 Å². The number of hydrogen-bond donors (Lipinski definition) is 1. The van der Waals surface area contributed by atoms with Crippen LogP contribution in [0.15, 0.2) is 103 Å². The smallest absolute Gasteiger partial charge is 0.115 e. The zero-order valence-corrected chi connectivity index (χ0v) is 70.2. The van der Waals surface area contributed by atoms with Crippen LogP contribution in [0.2, 0.25) is 0 Å². The lowest BCUT2D eigenvalue weighted by Gasteiger charge is -2.59. The summed E-state index contributed by atoms with van der Waals surface area (Å²) in [6, 6.07) is 34.6. The van der Waals surface area contributed by atoms with Crippen LogP contribution in [0.4, 0.5) is 0 Å². The number of ether oxygens (including phenoxy) is 8. The molecule has 9 saturated heterocycles. The van der Waals surface area contributed by atoms with Gasteiger partial charge in [0.2, 0.25) is 0 Å². The van der Waals surface area contributed by atoms with Crippen molar-refractivity contribution in [2.75, 3.05) is 159 Å². The summed E-state index contributed by atoms with van der Waals surface area (Å²) in [5.74, 6) is 2.50. The van der Waals surface area contributed by atoms with Crippen molar-refractivity contribution < 1.29 is 37.9 Å². The molecule has 15 nitrogen and oxygen atoms in total. The fourth-order valence-electron chi connectivity index (χ4n) is 12.0. The molecule has 0 amide bonds. The van der Waals surface area contributed by atoms with Crippen molar-refractivity contribution in [2.45, 2.75) is 252 Å². The van der Waals surface area contributed by atoms with Crippen LogP contribution in [0.3, 0.4) is 0 Å². The Morgan fingerprint density at radius 1 is 0.495 bits per heavy atom. The highest BCUT2D eigenvalue weighted by Crippen LogP contribution is 2.42. The van der Waals surface area contributed by atoms with E-state index < -0.39 is 0 Å². The minimum Gasteiger partial charge on any atom is -0.387 e. The highest BCUT2D eigenvalue weighted by molar-refractivity contribution is 5.25. The number of methoxy groups -OCH3 is 1. The van der Waals surface area contributed by atoms with Crippen molar-refractivity contribution in [1.82, 2.24) is 34.7 Å². The van der Waals surface area contributed by atoms with Crippen LogP contribution >= 0.6 is 0 Å². The number of fused-ring (bicyclic) bond motifs is 1. The van der Waals surface area contributed by atoms with E-state index in [1.807, 2.05) is 69.2 Å². The molecule has 0 aromatic heterocycles. The fraction of sp³-hybridized carbons (Fsp3) is 0.767. The number of rotatable bonds is 12. The first-order valence-electron chi connectivity index (χ1n) is 40.1. The molecule has 6 atom stereocenters. The van der Waals surface area contributed by atoms with Gasteiger partial charge in [-0.1, -0.05) is 215 Å². The van der Waals surface area contributed by atoms with Gasteiger partial charge in [0.1, 0.15) is 24.4 Å². The van der Waals surface area contributed by atoms with E-state index in [1.165, 1.54) is 61.4 Å². The van der Waals surface area contributed by atoms with Gasteiger partial charge in [-0.15, -0.1) is 0 Å². The van der Waals surface area contributed by atoms with Gasteiger partial charge in [-0.3, -0.25) is 19.6 Å². The number of nitrogens with zero attached hydrogens (tertiary/aromatic N) is 6. The van der Waals surface area contributed by atoms with Gasteiger partial charge in [-0.2, -0.15) is 0 Å². The maximum Gasteiger partial charge on any atom is 0.115 e. The molecule has 0 saturated carbocycles. The summed E-state index contributed by atoms with van der Waals surface area (Å²) in [6.07, 6.45) is 5.66. The van der Waals surface area contributed by atoms with Crippen LogP contribution in [-0.4, -0.2) is 249 Å². The Labute approximate surface area is 624 Å². The van der Waals surface area contributed by atoms with Gasteiger partial charge in [-0.25, -0.2) is 0 Å². The molecule has 0 bridgehead atoms. The van der Waals surface area contributed by atoms with E-state index in [0.29, 0.717) is 36.8 Å². The third-order valence-corrected chi connectivity index (χ3v) is 17.4. The number of piperidine rings is 1. The normalized spacial score (nSPS) is 23.2. The van der Waals surface area contributed by atoms with Crippen LogP contribution < -0.4 is 5.32 Å². The Hall–Kier alpha value is -3.36. The Morgan fingerprint density at radius 2 is 0.931 bits per heavy atom. The molecule has 9 heterocycles. The van der Waals surface area contributed by atoms with Gasteiger partial charge < -0.3 is 53.0 Å². The summed E-state index contributed by atoms with van der Waals surface area (Å²) in [4.78, 5) is 14.9. The third-order valence-electron chi connectivity index (χ3n) is 17.4. The number of hydrogen-bond acceptors (Lipinski definition) is 15. The average Bonchev–Trinajstić information content (AvgIpc) is 1.40. The largest absolute Gasteiger partial charge is 0.387 e. The number of likely N-dealkylation sites (N-methyl/N-ethyl adjacent to an activating group) is 2. The molecule has 101 heavy (non-hydrogen) atoms. The Morgan fingerprint density at radius 3 is 1.35 bits per heavy atom. The van der Waals surface area contributed by atoms with Crippen LogP contribution in [0, 0.1) is 23.2 Å². The first-order chi connectivity index (χ1) is 48.5. The van der Waals surface area contributed by atoms with Gasteiger partial charge in [0, 0.05) is 109 Å². The van der Waals surface area contributed by atoms with Crippen LogP contribution in [0.25, 0.3) is 0 Å². The van der Waals surface area contributed by atoms with E-state index in [4.69, 9.17) is 37.9 Å². The molecule has 0 radical (unpaired) electrons. The highest BCUT2D eigenvalue weighted by atomic mass is 16.6. The minimum atomic E-state index is 0.0577. The molecule has 3 aromatic rings. The molecular formula is C86H161N7O8. The summed E-state index contributed by atoms with van der Waals surface area (Å²) in [5.41, 5.74) is 5.89. The molecular weight excluding hydrogens is 1260 g/mol. The number of nitrogens with one attached hydrogen (secondary N) is 1. The summed E-state index contributed by atoms with van der Waals surface area (Å²) in [5, 5.41) is 3.24. The number of likely N-dealkylation sites (tertiary alicyclic amines) is 2. The van der Waals surface area contributed by atoms with E-state index >= 15 is 0 Å². The van der Waals surface area contributed by atoms with Gasteiger partial charge >= 0.3 is 0 Å². The monoisotopic (exact) mass is 1420 g/mol. The average molecular weight is 1420 g/mol. The molecule has 9 fully saturated rings. The van der Waals surface area contributed by atoms with Gasteiger partial charge in [0.25, 0.3) is 0 Å². The second-order valence-electron chi connectivity index (χ2n) is 29.6. The minimum absolute atomic E-state index is 0.0577. The van der Waals surface area contributed by atoms with E-state index in [1.54, 1.807) is 7.11 Å². The maximum atomic E-state index is 5.71. The van der Waals surface area contributed by atoms with E-state index in [9.17, 15) is 0 Å². The van der Waals surface area contributed by atoms with Crippen molar-refractivity contribution in [2.24, 2.45) is 23.2 Å². The molecule has 1 N–H and O–H groups in total. The lowest BCUT2D eigenvalue weighted by Crippen LogP contribution is -2.70. The molecule has 12 rings (SSSR count). The highest BCUT2D eigenvalue weighted by Gasteiger charge is 2.51. The Bertz CT molecular complexity index is 2270. The molecule has 588 valence electrons. The molecule has 1 spiro atoms. The topological polar surface area (TPSA) is 105 Å². The van der Waals surface area contributed by atoms with E-state index in [0.717, 1.165) is 148 Å². The van der Waals surface area contributed by atoms with Crippen LogP contribution in [0.1, 0.15) is 189 Å². The van der Waals surface area contributed by atoms with Crippen molar-refractivity contribution in [1.29, 1.82) is 0 Å². The third kappa shape index (κ3) is 43.1. The molecule has 15 heteroatoms. The van der Waals surface area contributed by atoms with Crippen molar-refractivity contribution in [3.05, 3.63) is 120 Å². The lowest BCUT2D eigenvalue weighted by molar-refractivity contribution is -0.0629. The summed E-state index contributed by atoms with van der Waals surface area (Å²) in [7, 11) is 6.02. The van der Waals surface area contributed by atoms with Crippen LogP contribution in [0.5, 0.6) is 0 Å². The molecule has 9 aliphatic rings. The lowest BCUT2D eigenvalue weighted by atomic mass is 9.71. The fourth-order valence-corrected chi connectivity index (χ4v) is 12.0. The van der Waals surface area contributed by atoms with E-state index in [2.05, 4.69) is 236 Å². The molecule has 9 aliphatic heterocycles. The van der Waals surface area contributed by atoms with Crippen molar-refractivity contribution in [3.8, 4) is 0 Å². The predicted octanol–water partition coefficient (Wildman–Crippen LogP) is 16.3. The zero-order valence-electron chi connectivity index (χ0n) is 70.2. The Kier molecular flexibility index (Phi) is 57.8. The predicted molar refractivity (Wildman–Crippen MR) is 433 cm³/mol. The van der Waals surface area contributed by atoms with Gasteiger partial charge in [0.15, 0.2) is 0 Å². The maximum absolute atomic E-state index is 5.71. The SMILES string of the molecule is C=C1NCC12CN(C(C)C)C2.CC.CC.CC.CC.CC(C)C.CC(C)C.CC(C)C.CC(C)N1CCC(N2CCOCC2)CC1.CN1CCOC(Cc2ccccc2)C1.CN1CCOCC1Cc1ccccc1.COC1COC2C(OC(C)C)COC12.c1ccc(CN2CCOCC2)cc1.